The molecule has 5 rings (SSSR count). The summed E-state index contributed by atoms with van der Waals surface area (Å²) < 4.78 is 7.40. The van der Waals surface area contributed by atoms with E-state index in [2.05, 4.69) is 61.8 Å². The Morgan fingerprint density at radius 2 is 1.68 bits per heavy atom. The second-order valence-corrected chi connectivity index (χ2v) is 9.20. The van der Waals surface area contributed by atoms with Crippen molar-refractivity contribution in [1.82, 2.24) is 9.88 Å². The molecule has 1 N–H and O–H groups in total. The number of methoxy groups -OCH3 is 1. The highest BCUT2D eigenvalue weighted by atomic mass is 16.5. The molecule has 0 unspecified atom stereocenters. The monoisotopic (exact) mass is 452 g/mol. The molecule has 0 fully saturated rings. The van der Waals surface area contributed by atoms with Gasteiger partial charge in [-0.15, -0.1) is 0 Å². The molecule has 1 aromatic heterocycles. The Labute approximate surface area is 199 Å². The van der Waals surface area contributed by atoms with Crippen molar-refractivity contribution in [3.05, 3.63) is 105 Å². The van der Waals surface area contributed by atoms with Gasteiger partial charge >= 0.3 is 5.97 Å². The number of allylic oxidation sites excluding steroid dienone is 2. The zero-order valence-electron chi connectivity index (χ0n) is 20.4. The lowest BCUT2D eigenvalue weighted by Gasteiger charge is -2.29. The highest BCUT2D eigenvalue weighted by molar-refractivity contribution is 6.23. The van der Waals surface area contributed by atoms with E-state index in [1.165, 1.54) is 18.2 Å². The van der Waals surface area contributed by atoms with Gasteiger partial charge in [-0.3, -0.25) is 4.79 Å². The minimum absolute atomic E-state index is 0.0478. The first-order chi connectivity index (χ1) is 16.2. The number of nitrogens with one attached hydrogen (secondary N) is 1. The number of carbonyl (C=O) groups excluding carboxylic acids is 2. The molecule has 2 aliphatic rings. The molecule has 2 heterocycles. The summed E-state index contributed by atoms with van der Waals surface area (Å²) in [7, 11) is 1.38. The number of nitrogens with zero attached hydrogens (tertiary/aromatic N) is 1. The standard InChI is InChI=1S/C29H28N2O3/c1-15-11-12-23(16(2)13-15)31-17(3)14-22(19(31)5)25-24(29(33)34-6)18(4)30-27-20-9-7-8-10-21(20)28(32)26(25)27/h7-14,25,30H,1-6H3/t25-/m1/s1. The van der Waals surface area contributed by atoms with Gasteiger partial charge in [0.15, 0.2) is 5.78 Å². The van der Waals surface area contributed by atoms with Crippen LogP contribution in [0.4, 0.5) is 0 Å². The molecule has 0 amide bonds. The third-order valence-corrected chi connectivity index (χ3v) is 7.03. The van der Waals surface area contributed by atoms with Crippen molar-refractivity contribution in [3.8, 4) is 5.69 Å². The van der Waals surface area contributed by atoms with Crippen LogP contribution in [-0.2, 0) is 9.53 Å². The smallest absolute Gasteiger partial charge is 0.336 e. The number of ether oxygens (including phenoxy) is 1. The molecule has 0 spiro atoms. The molecule has 0 saturated heterocycles. The second kappa shape index (κ2) is 7.87. The van der Waals surface area contributed by atoms with Crippen molar-refractivity contribution in [3.63, 3.8) is 0 Å². The van der Waals surface area contributed by atoms with E-state index in [0.717, 1.165) is 33.9 Å². The van der Waals surface area contributed by atoms with Crippen LogP contribution in [0.25, 0.3) is 11.4 Å². The van der Waals surface area contributed by atoms with Crippen molar-refractivity contribution in [1.29, 1.82) is 0 Å². The number of aromatic nitrogens is 1. The van der Waals surface area contributed by atoms with Gasteiger partial charge in [-0.25, -0.2) is 4.79 Å². The van der Waals surface area contributed by atoms with Gasteiger partial charge in [-0.2, -0.15) is 0 Å². The molecule has 34 heavy (non-hydrogen) atoms. The predicted octanol–water partition coefficient (Wildman–Crippen LogP) is 5.45. The Kier molecular flexibility index (Phi) is 5.08. The van der Waals surface area contributed by atoms with E-state index in [0.29, 0.717) is 22.4 Å². The first kappa shape index (κ1) is 22.0. The first-order valence-corrected chi connectivity index (χ1v) is 11.5. The number of esters is 1. The lowest BCUT2D eigenvalue weighted by Crippen LogP contribution is -2.29. The Morgan fingerprint density at radius 3 is 2.35 bits per heavy atom. The Bertz CT molecular complexity index is 1450. The number of ketones is 1. The molecule has 5 heteroatoms. The van der Waals surface area contributed by atoms with Crippen molar-refractivity contribution in [2.24, 2.45) is 0 Å². The van der Waals surface area contributed by atoms with Gasteiger partial charge in [0.1, 0.15) is 0 Å². The van der Waals surface area contributed by atoms with Gasteiger partial charge in [0.25, 0.3) is 0 Å². The number of rotatable bonds is 3. The van der Waals surface area contributed by atoms with Crippen LogP contribution in [0.3, 0.4) is 0 Å². The summed E-state index contributed by atoms with van der Waals surface area (Å²) in [6, 6.07) is 16.1. The lowest BCUT2D eigenvalue weighted by molar-refractivity contribution is -0.136. The van der Waals surface area contributed by atoms with E-state index < -0.39 is 11.9 Å². The third-order valence-electron chi connectivity index (χ3n) is 7.03. The Balaban J connectivity index is 1.76. The summed E-state index contributed by atoms with van der Waals surface area (Å²) in [6.45, 7) is 10.2. The normalized spacial score (nSPS) is 17.0. The van der Waals surface area contributed by atoms with Crippen molar-refractivity contribution in [2.45, 2.75) is 40.5 Å². The largest absolute Gasteiger partial charge is 0.466 e. The molecule has 1 aliphatic carbocycles. The van der Waals surface area contributed by atoms with Gasteiger partial charge in [0.05, 0.1) is 24.3 Å². The number of fused-ring (bicyclic) bond motifs is 2. The SMILES string of the molecule is COC(=O)C1=C(C)NC2=C(C(=O)c3ccccc32)[C@@H]1c1cc(C)n(-c2ccc(C)cc2C)c1C. The van der Waals surface area contributed by atoms with E-state index in [9.17, 15) is 9.59 Å². The average molecular weight is 453 g/mol. The summed E-state index contributed by atoms with van der Waals surface area (Å²) in [5, 5.41) is 3.35. The maximum Gasteiger partial charge on any atom is 0.336 e. The first-order valence-electron chi connectivity index (χ1n) is 11.5. The molecule has 0 saturated carbocycles. The van der Waals surface area contributed by atoms with E-state index in [-0.39, 0.29) is 5.78 Å². The second-order valence-electron chi connectivity index (χ2n) is 9.20. The maximum atomic E-state index is 13.7. The highest BCUT2D eigenvalue weighted by Gasteiger charge is 2.43. The van der Waals surface area contributed by atoms with Crippen LogP contribution in [-0.4, -0.2) is 23.4 Å². The zero-order valence-corrected chi connectivity index (χ0v) is 20.4. The molecule has 0 radical (unpaired) electrons. The fourth-order valence-corrected chi connectivity index (χ4v) is 5.53. The molecule has 1 aliphatic heterocycles. The van der Waals surface area contributed by atoms with Crippen LogP contribution in [0.2, 0.25) is 0 Å². The fourth-order valence-electron chi connectivity index (χ4n) is 5.53. The Hall–Kier alpha value is -3.86. The van der Waals surface area contributed by atoms with Crippen LogP contribution < -0.4 is 5.32 Å². The van der Waals surface area contributed by atoms with Gasteiger partial charge < -0.3 is 14.6 Å². The summed E-state index contributed by atoms with van der Waals surface area (Å²) in [4.78, 5) is 26.7. The Morgan fingerprint density at radius 1 is 0.971 bits per heavy atom. The van der Waals surface area contributed by atoms with Gasteiger partial charge in [-0.1, -0.05) is 42.0 Å². The van der Waals surface area contributed by atoms with Gasteiger partial charge in [0, 0.05) is 39.5 Å². The average Bonchev–Trinajstić information content (AvgIpc) is 3.26. The lowest BCUT2D eigenvalue weighted by atomic mass is 9.79. The molecule has 172 valence electrons. The number of hydrogen-bond donors (Lipinski definition) is 1. The van der Waals surface area contributed by atoms with E-state index in [4.69, 9.17) is 4.74 Å². The van der Waals surface area contributed by atoms with E-state index in [1.54, 1.807) is 0 Å². The maximum absolute atomic E-state index is 13.7. The van der Waals surface area contributed by atoms with E-state index in [1.807, 2.05) is 31.2 Å². The molecular weight excluding hydrogens is 424 g/mol. The van der Waals surface area contributed by atoms with Crippen LogP contribution in [0.1, 0.15) is 56.8 Å². The van der Waals surface area contributed by atoms with Crippen LogP contribution in [0.5, 0.6) is 0 Å². The number of dihydropyridines is 1. The van der Waals surface area contributed by atoms with Gasteiger partial charge in [0.2, 0.25) is 0 Å². The minimum Gasteiger partial charge on any atom is -0.466 e. The number of hydrogen-bond acceptors (Lipinski definition) is 4. The number of carbonyl (C=O) groups is 2. The number of benzene rings is 2. The zero-order chi connectivity index (χ0) is 24.3. The molecule has 5 nitrogen and oxygen atoms in total. The van der Waals surface area contributed by atoms with E-state index >= 15 is 0 Å². The van der Waals surface area contributed by atoms with Gasteiger partial charge in [-0.05, 0) is 57.9 Å². The van der Waals surface area contributed by atoms with Crippen LogP contribution in [0.15, 0.2) is 65.4 Å². The van der Waals surface area contributed by atoms with Crippen LogP contribution >= 0.6 is 0 Å². The quantitative estimate of drug-likeness (QED) is 0.537. The molecular formula is C29H28N2O3. The number of aryl methyl sites for hydroxylation is 3. The van der Waals surface area contributed by atoms with Crippen molar-refractivity contribution in [2.75, 3.05) is 7.11 Å². The summed E-state index contributed by atoms with van der Waals surface area (Å²) in [5.74, 6) is -0.996. The third kappa shape index (κ3) is 3.07. The minimum atomic E-state index is -0.519. The molecule has 2 aromatic carbocycles. The van der Waals surface area contributed by atoms with Crippen molar-refractivity contribution >= 4 is 17.4 Å². The van der Waals surface area contributed by atoms with Crippen molar-refractivity contribution < 1.29 is 14.3 Å². The summed E-state index contributed by atoms with van der Waals surface area (Å²) >= 11 is 0. The summed E-state index contributed by atoms with van der Waals surface area (Å²) in [5.41, 5.74) is 10.6. The topological polar surface area (TPSA) is 60.3 Å². The summed E-state index contributed by atoms with van der Waals surface area (Å²) in [6.07, 6.45) is 0. The molecule has 0 bridgehead atoms. The molecule has 3 aromatic rings. The van der Waals surface area contributed by atoms with Crippen LogP contribution in [0, 0.1) is 27.7 Å². The predicted molar refractivity (Wildman–Crippen MR) is 133 cm³/mol. The number of Topliss-reactive ketones (excluding diaryl/α,β-unsaturated/α-hetero) is 1. The fraction of sp³-hybridized carbons (Fsp3) is 0.241. The highest BCUT2D eigenvalue weighted by Crippen LogP contribution is 2.48. The molecule has 1 atom stereocenters.